The van der Waals surface area contributed by atoms with Crippen LogP contribution in [-0.4, -0.2) is 14.9 Å². The Kier molecular flexibility index (Phi) is 4.03. The van der Waals surface area contributed by atoms with E-state index in [4.69, 9.17) is 33.3 Å². The highest BCUT2D eigenvalue weighted by atomic mass is 79.9. The van der Waals surface area contributed by atoms with Gasteiger partial charge in [-0.05, 0) is 41.1 Å². The van der Waals surface area contributed by atoms with Crippen molar-refractivity contribution in [1.82, 2.24) is 9.71 Å². The smallest absolute Gasteiger partial charge is 0.239 e. The predicted octanol–water partition coefficient (Wildman–Crippen LogP) is 3.77. The van der Waals surface area contributed by atoms with Crippen LogP contribution in [0.15, 0.2) is 22.7 Å². The average molecular weight is 365 g/mol. The Morgan fingerprint density at radius 2 is 2.11 bits per heavy atom. The summed E-state index contributed by atoms with van der Waals surface area (Å²) in [7, 11) is 0. The molecule has 100 valence electrons. The molecule has 5 nitrogen and oxygen atoms in total. The molecule has 1 aromatic carbocycles. The van der Waals surface area contributed by atoms with Gasteiger partial charge in [-0.15, -0.1) is 0 Å². The summed E-state index contributed by atoms with van der Waals surface area (Å²) in [6.45, 7) is 1.54. The lowest BCUT2D eigenvalue weighted by molar-refractivity contribution is 0.156. The number of aromatic nitrogens is 2. The molecule has 0 spiro atoms. The molecule has 0 saturated carbocycles. The number of halogens is 3. The largest absolute Gasteiger partial charge is 0.436 e. The van der Waals surface area contributed by atoms with Crippen molar-refractivity contribution >= 4 is 39.1 Å². The molecule has 19 heavy (non-hydrogen) atoms. The van der Waals surface area contributed by atoms with E-state index in [1.54, 1.807) is 19.1 Å². The third-order valence-electron chi connectivity index (χ3n) is 2.28. The lowest BCUT2D eigenvalue weighted by Gasteiger charge is -2.11. The van der Waals surface area contributed by atoms with E-state index in [-0.39, 0.29) is 21.7 Å². The first-order chi connectivity index (χ1) is 8.90. The van der Waals surface area contributed by atoms with Crippen LogP contribution in [0.5, 0.6) is 11.6 Å². The van der Waals surface area contributed by atoms with Crippen molar-refractivity contribution in [3.8, 4) is 11.6 Å². The van der Waals surface area contributed by atoms with Crippen LogP contribution in [0.2, 0.25) is 10.0 Å². The molecule has 2 aromatic rings. The first-order valence-corrected chi connectivity index (χ1v) is 6.61. The van der Waals surface area contributed by atoms with Crippen LogP contribution in [-0.2, 0) is 0 Å². The van der Waals surface area contributed by atoms with Crippen LogP contribution in [0.1, 0.15) is 5.82 Å². The lowest BCUT2D eigenvalue weighted by atomic mass is 10.3. The SMILES string of the molecule is Cc1nc(Oc2ccc(Cl)cc2Cl)c(Br)c(=N)n1O. The normalized spacial score (nSPS) is 10.5. The summed E-state index contributed by atoms with van der Waals surface area (Å²) >= 11 is 14.9. The molecule has 0 amide bonds. The van der Waals surface area contributed by atoms with E-state index < -0.39 is 0 Å². The molecule has 1 aromatic heterocycles. The minimum atomic E-state index is -0.174. The van der Waals surface area contributed by atoms with Crippen molar-refractivity contribution in [3.63, 3.8) is 0 Å². The third kappa shape index (κ3) is 2.86. The number of nitrogens with one attached hydrogen (secondary N) is 1. The molecule has 2 N–H and O–H groups in total. The fourth-order valence-corrected chi connectivity index (χ4v) is 2.11. The van der Waals surface area contributed by atoms with E-state index in [2.05, 4.69) is 20.9 Å². The van der Waals surface area contributed by atoms with Gasteiger partial charge in [0.25, 0.3) is 0 Å². The number of benzene rings is 1. The highest BCUT2D eigenvalue weighted by Gasteiger charge is 2.13. The van der Waals surface area contributed by atoms with Crippen molar-refractivity contribution in [2.24, 2.45) is 0 Å². The van der Waals surface area contributed by atoms with Crippen LogP contribution < -0.4 is 10.2 Å². The van der Waals surface area contributed by atoms with Gasteiger partial charge < -0.3 is 9.94 Å². The second kappa shape index (κ2) is 5.40. The van der Waals surface area contributed by atoms with Gasteiger partial charge in [0.1, 0.15) is 16.0 Å². The van der Waals surface area contributed by atoms with Crippen molar-refractivity contribution in [2.75, 3.05) is 0 Å². The fraction of sp³-hybridized carbons (Fsp3) is 0.0909. The first-order valence-electron chi connectivity index (χ1n) is 5.06. The number of aryl methyl sites for hydroxylation is 1. The highest BCUT2D eigenvalue weighted by molar-refractivity contribution is 9.10. The van der Waals surface area contributed by atoms with Crippen LogP contribution in [0, 0.1) is 12.3 Å². The van der Waals surface area contributed by atoms with Gasteiger partial charge in [0.2, 0.25) is 5.88 Å². The van der Waals surface area contributed by atoms with Gasteiger partial charge in [0.15, 0.2) is 5.49 Å². The van der Waals surface area contributed by atoms with Gasteiger partial charge in [-0.25, -0.2) is 0 Å². The van der Waals surface area contributed by atoms with Gasteiger partial charge in [-0.3, -0.25) is 5.41 Å². The Morgan fingerprint density at radius 1 is 1.42 bits per heavy atom. The highest BCUT2D eigenvalue weighted by Crippen LogP contribution is 2.32. The van der Waals surface area contributed by atoms with Crippen LogP contribution in [0.25, 0.3) is 0 Å². The molecule has 0 bridgehead atoms. The Balaban J connectivity index is 2.47. The van der Waals surface area contributed by atoms with E-state index in [9.17, 15) is 5.21 Å². The summed E-state index contributed by atoms with van der Waals surface area (Å²) in [6.07, 6.45) is 0. The summed E-state index contributed by atoms with van der Waals surface area (Å²) in [5.74, 6) is 0.707. The van der Waals surface area contributed by atoms with Gasteiger partial charge in [0, 0.05) is 5.02 Å². The van der Waals surface area contributed by atoms with Crippen LogP contribution in [0.3, 0.4) is 0 Å². The Morgan fingerprint density at radius 3 is 2.74 bits per heavy atom. The van der Waals surface area contributed by atoms with Crippen LogP contribution >= 0.6 is 39.1 Å². The third-order valence-corrected chi connectivity index (χ3v) is 3.52. The zero-order valence-electron chi connectivity index (χ0n) is 9.62. The molecule has 0 radical (unpaired) electrons. The van der Waals surface area contributed by atoms with E-state index in [0.29, 0.717) is 20.5 Å². The number of nitrogens with zero attached hydrogens (tertiary/aromatic N) is 2. The topological polar surface area (TPSA) is 71.1 Å². The molecule has 0 aliphatic heterocycles. The minimum Gasteiger partial charge on any atom is -0.436 e. The molecule has 0 saturated heterocycles. The maximum Gasteiger partial charge on any atom is 0.239 e. The molecule has 0 aliphatic carbocycles. The summed E-state index contributed by atoms with van der Waals surface area (Å²) < 4.78 is 6.37. The van der Waals surface area contributed by atoms with Crippen molar-refractivity contribution < 1.29 is 9.94 Å². The molecule has 0 fully saturated rings. The molecular formula is C11H8BrCl2N3O2. The quantitative estimate of drug-likeness (QED) is 0.796. The minimum absolute atomic E-state index is 0.136. The maximum absolute atomic E-state index is 9.51. The Hall–Kier alpha value is -1.24. The number of hydrogen-bond acceptors (Lipinski definition) is 4. The number of ether oxygens (including phenoxy) is 1. The van der Waals surface area contributed by atoms with Crippen LogP contribution in [0.4, 0.5) is 0 Å². The Labute approximate surface area is 127 Å². The zero-order chi connectivity index (χ0) is 14.2. The van der Waals surface area contributed by atoms with Crippen molar-refractivity contribution in [1.29, 1.82) is 5.41 Å². The van der Waals surface area contributed by atoms with Gasteiger partial charge in [-0.1, -0.05) is 23.2 Å². The monoisotopic (exact) mass is 363 g/mol. The summed E-state index contributed by atoms with van der Waals surface area (Å²) in [4.78, 5) is 4.02. The van der Waals surface area contributed by atoms with E-state index in [1.807, 2.05) is 0 Å². The van der Waals surface area contributed by atoms with Crippen molar-refractivity contribution in [3.05, 3.63) is 44.0 Å². The standard InChI is InChI=1S/C11H8BrCl2N3O2/c1-5-16-11(9(12)10(15)17(5)18)19-8-3-2-6(13)4-7(8)14/h2-4,15,18H,1H3. The van der Waals surface area contributed by atoms with E-state index >= 15 is 0 Å². The summed E-state index contributed by atoms with van der Waals surface area (Å²) in [5.41, 5.74) is -0.174. The lowest BCUT2D eigenvalue weighted by Crippen LogP contribution is -2.22. The molecule has 2 rings (SSSR count). The second-order valence-electron chi connectivity index (χ2n) is 3.62. The van der Waals surface area contributed by atoms with Crippen molar-refractivity contribution in [2.45, 2.75) is 6.92 Å². The molecule has 1 heterocycles. The average Bonchev–Trinajstić information content (AvgIpc) is 2.36. The fourth-order valence-electron chi connectivity index (χ4n) is 1.33. The molecule has 8 heteroatoms. The van der Waals surface area contributed by atoms with Gasteiger partial charge in [0.05, 0.1) is 5.02 Å². The number of hydrogen-bond donors (Lipinski definition) is 2. The zero-order valence-corrected chi connectivity index (χ0v) is 12.7. The summed E-state index contributed by atoms with van der Waals surface area (Å²) in [5, 5.41) is 18.0. The van der Waals surface area contributed by atoms with E-state index in [1.165, 1.54) is 6.07 Å². The molecule has 0 atom stereocenters. The first kappa shape index (κ1) is 14.2. The van der Waals surface area contributed by atoms with E-state index in [0.717, 1.165) is 0 Å². The molecule has 0 aliphatic rings. The second-order valence-corrected chi connectivity index (χ2v) is 5.25. The molecular weight excluding hydrogens is 357 g/mol. The molecule has 0 unspecified atom stereocenters. The predicted molar refractivity (Wildman–Crippen MR) is 74.2 cm³/mol. The summed E-state index contributed by atoms with van der Waals surface area (Å²) in [6, 6.07) is 4.76. The van der Waals surface area contributed by atoms with Gasteiger partial charge in [-0.2, -0.15) is 9.71 Å². The Bertz CT molecular complexity index is 703. The number of rotatable bonds is 2. The maximum atomic E-state index is 9.51. The van der Waals surface area contributed by atoms with Gasteiger partial charge >= 0.3 is 0 Å².